The summed E-state index contributed by atoms with van der Waals surface area (Å²) in [6, 6.07) is 5.95. The van der Waals surface area contributed by atoms with Gasteiger partial charge in [-0.05, 0) is 50.2 Å². The minimum atomic E-state index is -0.715. The molecule has 1 amide bonds. The smallest absolute Gasteiger partial charge is 0.271 e. The second kappa shape index (κ2) is 5.40. The number of carbonyl (C=O) groups is 1. The molecule has 100 valence electrons. The molecule has 0 aliphatic heterocycles. The third-order valence-electron chi connectivity index (χ3n) is 3.92. The van der Waals surface area contributed by atoms with Crippen molar-refractivity contribution >= 4 is 5.91 Å². The molecule has 0 aromatic carbocycles. The van der Waals surface area contributed by atoms with Crippen LogP contribution in [0.4, 0.5) is 0 Å². The van der Waals surface area contributed by atoms with E-state index in [1.54, 1.807) is 12.3 Å². The first kappa shape index (κ1) is 13.5. The fraction of sp³-hybridized carbons (Fsp3) is 0.533. The summed E-state index contributed by atoms with van der Waals surface area (Å²) in [6.07, 6.45) is 5.01. The van der Waals surface area contributed by atoms with Crippen molar-refractivity contribution in [3.05, 3.63) is 29.6 Å². The van der Waals surface area contributed by atoms with Crippen molar-refractivity contribution in [1.82, 2.24) is 10.3 Å². The fourth-order valence-corrected chi connectivity index (χ4v) is 2.52. The number of hydrogen-bond donors (Lipinski definition) is 1. The molecule has 19 heavy (non-hydrogen) atoms. The van der Waals surface area contributed by atoms with Crippen LogP contribution in [0.25, 0.3) is 0 Å². The molecule has 1 aliphatic carbocycles. The number of carbonyl (C=O) groups excluding carboxylic acids is 1. The molecule has 1 fully saturated rings. The lowest BCUT2D eigenvalue weighted by molar-refractivity contribution is 0.0888. The summed E-state index contributed by atoms with van der Waals surface area (Å²) >= 11 is 0. The van der Waals surface area contributed by atoms with Gasteiger partial charge in [0.15, 0.2) is 0 Å². The monoisotopic (exact) mass is 257 g/mol. The van der Waals surface area contributed by atoms with Gasteiger partial charge in [-0.2, -0.15) is 5.26 Å². The SMILES string of the molecule is Cc1cccnc1C(=O)NC1(C#N)CCC(C)CC1. The molecular formula is C15H19N3O. The van der Waals surface area contributed by atoms with Crippen molar-refractivity contribution in [2.75, 3.05) is 0 Å². The Hall–Kier alpha value is -1.89. The van der Waals surface area contributed by atoms with E-state index in [-0.39, 0.29) is 5.91 Å². The van der Waals surface area contributed by atoms with Gasteiger partial charge in [0.05, 0.1) is 6.07 Å². The standard InChI is InChI=1S/C15H19N3O/c1-11-5-7-15(10-16,8-6-11)18-14(19)13-12(2)4-3-9-17-13/h3-4,9,11H,5-8H2,1-2H3,(H,18,19). The molecule has 1 heterocycles. The van der Waals surface area contributed by atoms with E-state index in [4.69, 9.17) is 0 Å². The minimum absolute atomic E-state index is 0.241. The van der Waals surface area contributed by atoms with Crippen molar-refractivity contribution in [3.63, 3.8) is 0 Å². The molecule has 0 atom stereocenters. The number of aryl methyl sites for hydroxylation is 1. The summed E-state index contributed by atoms with van der Waals surface area (Å²) in [4.78, 5) is 16.4. The molecule has 0 spiro atoms. The summed E-state index contributed by atoms with van der Waals surface area (Å²) in [5.41, 5.74) is 0.529. The van der Waals surface area contributed by atoms with Crippen LogP contribution in [0.15, 0.2) is 18.3 Å². The lowest BCUT2D eigenvalue weighted by Gasteiger charge is -2.34. The molecular weight excluding hydrogens is 238 g/mol. The normalized spacial score (nSPS) is 26.5. The van der Waals surface area contributed by atoms with E-state index < -0.39 is 5.54 Å². The highest BCUT2D eigenvalue weighted by Gasteiger charge is 2.36. The molecule has 0 bridgehead atoms. The molecule has 0 unspecified atom stereocenters. The fourth-order valence-electron chi connectivity index (χ4n) is 2.52. The topological polar surface area (TPSA) is 65.8 Å². The molecule has 1 aliphatic rings. The molecule has 0 radical (unpaired) electrons. The lowest BCUT2D eigenvalue weighted by Crippen LogP contribution is -2.49. The van der Waals surface area contributed by atoms with Crippen LogP contribution in [-0.2, 0) is 0 Å². The van der Waals surface area contributed by atoms with Crippen molar-refractivity contribution in [1.29, 1.82) is 5.26 Å². The van der Waals surface area contributed by atoms with Gasteiger partial charge in [0.1, 0.15) is 11.2 Å². The average molecular weight is 257 g/mol. The number of pyridine rings is 1. The van der Waals surface area contributed by atoms with Crippen LogP contribution in [-0.4, -0.2) is 16.4 Å². The number of nitrogens with zero attached hydrogens (tertiary/aromatic N) is 2. The van der Waals surface area contributed by atoms with Gasteiger partial charge in [0.2, 0.25) is 0 Å². The molecule has 2 rings (SSSR count). The van der Waals surface area contributed by atoms with E-state index in [0.717, 1.165) is 31.2 Å². The maximum absolute atomic E-state index is 12.3. The highest BCUT2D eigenvalue weighted by atomic mass is 16.2. The molecule has 0 saturated heterocycles. The van der Waals surface area contributed by atoms with Gasteiger partial charge in [0.25, 0.3) is 5.91 Å². The number of hydrogen-bond acceptors (Lipinski definition) is 3. The van der Waals surface area contributed by atoms with Crippen LogP contribution in [0.3, 0.4) is 0 Å². The van der Waals surface area contributed by atoms with Gasteiger partial charge in [-0.3, -0.25) is 9.78 Å². The highest BCUT2D eigenvalue weighted by molar-refractivity contribution is 5.94. The van der Waals surface area contributed by atoms with Crippen molar-refractivity contribution in [3.8, 4) is 6.07 Å². The van der Waals surface area contributed by atoms with E-state index >= 15 is 0 Å². The Bertz CT molecular complexity index is 510. The molecule has 4 heteroatoms. The first-order valence-electron chi connectivity index (χ1n) is 6.72. The summed E-state index contributed by atoms with van der Waals surface area (Å²) in [5, 5.41) is 12.3. The van der Waals surface area contributed by atoms with E-state index in [9.17, 15) is 10.1 Å². The second-order valence-corrected chi connectivity index (χ2v) is 5.50. The maximum Gasteiger partial charge on any atom is 0.271 e. The third kappa shape index (κ3) is 2.93. The van der Waals surface area contributed by atoms with Crippen LogP contribution in [0.2, 0.25) is 0 Å². The van der Waals surface area contributed by atoms with Crippen LogP contribution in [0.5, 0.6) is 0 Å². The van der Waals surface area contributed by atoms with Gasteiger partial charge in [-0.15, -0.1) is 0 Å². The van der Waals surface area contributed by atoms with Gasteiger partial charge >= 0.3 is 0 Å². The first-order valence-corrected chi connectivity index (χ1v) is 6.72. The van der Waals surface area contributed by atoms with Crippen molar-refractivity contribution in [2.45, 2.75) is 45.1 Å². The Balaban J connectivity index is 2.14. The van der Waals surface area contributed by atoms with Gasteiger partial charge < -0.3 is 5.32 Å². The van der Waals surface area contributed by atoms with Gasteiger partial charge in [0, 0.05) is 6.20 Å². The van der Waals surface area contributed by atoms with E-state index in [1.807, 2.05) is 13.0 Å². The van der Waals surface area contributed by atoms with Crippen molar-refractivity contribution in [2.24, 2.45) is 5.92 Å². The predicted molar refractivity (Wildman–Crippen MR) is 72.4 cm³/mol. The highest BCUT2D eigenvalue weighted by Crippen LogP contribution is 2.31. The number of aromatic nitrogens is 1. The zero-order chi connectivity index (χ0) is 13.9. The zero-order valence-corrected chi connectivity index (χ0v) is 11.4. The summed E-state index contributed by atoms with van der Waals surface area (Å²) < 4.78 is 0. The summed E-state index contributed by atoms with van der Waals surface area (Å²) in [6.45, 7) is 4.04. The Morgan fingerprint density at radius 3 is 2.79 bits per heavy atom. The maximum atomic E-state index is 12.3. The summed E-state index contributed by atoms with van der Waals surface area (Å²) in [7, 11) is 0. The van der Waals surface area contributed by atoms with E-state index in [2.05, 4.69) is 23.3 Å². The Morgan fingerprint density at radius 2 is 2.21 bits per heavy atom. The Kier molecular flexibility index (Phi) is 3.84. The molecule has 1 aromatic heterocycles. The minimum Gasteiger partial charge on any atom is -0.332 e. The Labute approximate surface area is 113 Å². The van der Waals surface area contributed by atoms with E-state index in [1.165, 1.54) is 0 Å². The van der Waals surface area contributed by atoms with Crippen molar-refractivity contribution < 1.29 is 4.79 Å². The second-order valence-electron chi connectivity index (χ2n) is 5.50. The first-order chi connectivity index (χ1) is 9.06. The molecule has 4 nitrogen and oxygen atoms in total. The quantitative estimate of drug-likeness (QED) is 0.885. The zero-order valence-electron chi connectivity index (χ0n) is 11.4. The lowest BCUT2D eigenvalue weighted by atomic mass is 9.78. The third-order valence-corrected chi connectivity index (χ3v) is 3.92. The van der Waals surface area contributed by atoms with Gasteiger partial charge in [-0.25, -0.2) is 0 Å². The largest absolute Gasteiger partial charge is 0.332 e. The van der Waals surface area contributed by atoms with Crippen LogP contribution >= 0.6 is 0 Å². The van der Waals surface area contributed by atoms with Gasteiger partial charge in [-0.1, -0.05) is 13.0 Å². The van der Waals surface area contributed by atoms with Crippen LogP contribution in [0.1, 0.15) is 48.7 Å². The number of nitrogens with one attached hydrogen (secondary N) is 1. The van der Waals surface area contributed by atoms with E-state index in [0.29, 0.717) is 11.6 Å². The van der Waals surface area contributed by atoms with Crippen LogP contribution in [0, 0.1) is 24.2 Å². The van der Waals surface area contributed by atoms with Crippen LogP contribution < -0.4 is 5.32 Å². The average Bonchev–Trinajstić information content (AvgIpc) is 2.42. The number of rotatable bonds is 2. The molecule has 1 N–H and O–H groups in total. The Morgan fingerprint density at radius 1 is 1.53 bits per heavy atom. The summed E-state index contributed by atoms with van der Waals surface area (Å²) in [5.74, 6) is 0.393. The number of nitriles is 1. The number of amides is 1. The molecule has 1 aromatic rings. The predicted octanol–water partition coefficient (Wildman–Crippen LogP) is 2.59. The molecule has 1 saturated carbocycles.